The van der Waals surface area contributed by atoms with Crippen LogP contribution in [0.25, 0.3) is 0 Å². The minimum atomic E-state index is 0.323. The minimum absolute atomic E-state index is 0.323. The zero-order valence-corrected chi connectivity index (χ0v) is 10.2. The van der Waals surface area contributed by atoms with E-state index in [1.54, 1.807) is 7.11 Å². The molecule has 4 heteroatoms. The number of hydrogen-bond acceptors (Lipinski definition) is 4. The van der Waals surface area contributed by atoms with Crippen LogP contribution in [-0.4, -0.2) is 18.7 Å². The maximum atomic E-state index is 5.72. The van der Waals surface area contributed by atoms with Crippen molar-refractivity contribution in [1.82, 2.24) is 0 Å². The molecule has 0 bridgehead atoms. The average molecular weight is 231 g/mol. The molecule has 4 nitrogen and oxygen atoms in total. The number of methoxy groups -OCH3 is 1. The zero-order chi connectivity index (χ0) is 12.3. The molecule has 0 spiro atoms. The van der Waals surface area contributed by atoms with Crippen molar-refractivity contribution in [3.63, 3.8) is 0 Å². The summed E-state index contributed by atoms with van der Waals surface area (Å²) in [6.07, 6.45) is 1.76. The number of ether oxygens (including phenoxy) is 1. The van der Waals surface area contributed by atoms with Gasteiger partial charge in [-0.25, -0.2) is 0 Å². The fourth-order valence-corrected chi connectivity index (χ4v) is 2.06. The van der Waals surface area contributed by atoms with E-state index < -0.39 is 0 Å². The van der Waals surface area contributed by atoms with E-state index >= 15 is 0 Å². The van der Waals surface area contributed by atoms with Crippen molar-refractivity contribution in [1.29, 1.82) is 0 Å². The SMILES string of the molecule is CCC1CC(N)=NN=C1c1ccccc1OC. The van der Waals surface area contributed by atoms with Gasteiger partial charge in [-0.05, 0) is 18.6 Å². The number of benzene rings is 1. The molecule has 0 amide bonds. The Kier molecular flexibility index (Phi) is 3.42. The number of amidine groups is 1. The van der Waals surface area contributed by atoms with E-state index in [1.807, 2.05) is 24.3 Å². The van der Waals surface area contributed by atoms with Crippen molar-refractivity contribution in [2.45, 2.75) is 19.8 Å². The van der Waals surface area contributed by atoms with Crippen LogP contribution in [0, 0.1) is 5.92 Å². The molecule has 0 fully saturated rings. The van der Waals surface area contributed by atoms with Crippen LogP contribution in [0.3, 0.4) is 0 Å². The minimum Gasteiger partial charge on any atom is -0.496 e. The van der Waals surface area contributed by atoms with E-state index in [0.717, 1.165) is 29.9 Å². The Labute approximate surface area is 101 Å². The number of rotatable bonds is 3. The maximum Gasteiger partial charge on any atom is 0.127 e. The third-order valence-corrected chi connectivity index (χ3v) is 3.00. The largest absolute Gasteiger partial charge is 0.496 e. The molecule has 1 aromatic carbocycles. The molecular formula is C13H17N3O. The topological polar surface area (TPSA) is 60.0 Å². The van der Waals surface area contributed by atoms with Gasteiger partial charge in [0.25, 0.3) is 0 Å². The lowest BCUT2D eigenvalue weighted by molar-refractivity contribution is 0.413. The highest BCUT2D eigenvalue weighted by Crippen LogP contribution is 2.26. The molecule has 1 heterocycles. The normalized spacial score (nSPS) is 19.5. The van der Waals surface area contributed by atoms with Crippen LogP contribution >= 0.6 is 0 Å². The number of para-hydroxylation sites is 1. The molecule has 2 N–H and O–H groups in total. The maximum absolute atomic E-state index is 5.72. The van der Waals surface area contributed by atoms with E-state index in [1.165, 1.54) is 0 Å². The molecule has 17 heavy (non-hydrogen) atoms. The van der Waals surface area contributed by atoms with Crippen LogP contribution in [0.1, 0.15) is 25.3 Å². The average Bonchev–Trinajstić information content (AvgIpc) is 2.38. The van der Waals surface area contributed by atoms with Gasteiger partial charge in [-0.15, -0.1) is 5.10 Å². The van der Waals surface area contributed by atoms with Gasteiger partial charge in [-0.3, -0.25) is 0 Å². The van der Waals surface area contributed by atoms with E-state index in [-0.39, 0.29) is 0 Å². The second-order valence-electron chi connectivity index (χ2n) is 4.09. The summed E-state index contributed by atoms with van der Waals surface area (Å²) >= 11 is 0. The summed E-state index contributed by atoms with van der Waals surface area (Å²) in [5.41, 5.74) is 7.71. The third-order valence-electron chi connectivity index (χ3n) is 3.00. The van der Waals surface area contributed by atoms with Gasteiger partial charge in [0.15, 0.2) is 0 Å². The lowest BCUT2D eigenvalue weighted by Crippen LogP contribution is -2.27. The molecule has 1 atom stereocenters. The first-order valence-electron chi connectivity index (χ1n) is 5.79. The van der Waals surface area contributed by atoms with Crippen LogP contribution < -0.4 is 10.5 Å². The van der Waals surface area contributed by atoms with Crippen molar-refractivity contribution in [3.8, 4) is 5.75 Å². The highest BCUT2D eigenvalue weighted by molar-refractivity contribution is 6.07. The molecule has 2 rings (SSSR count). The van der Waals surface area contributed by atoms with Gasteiger partial charge in [0.05, 0.1) is 12.8 Å². The van der Waals surface area contributed by atoms with Crippen molar-refractivity contribution >= 4 is 11.5 Å². The smallest absolute Gasteiger partial charge is 0.127 e. The summed E-state index contributed by atoms with van der Waals surface area (Å²) in [5, 5.41) is 8.23. The molecule has 0 radical (unpaired) electrons. The van der Waals surface area contributed by atoms with Gasteiger partial charge in [0.1, 0.15) is 11.6 Å². The summed E-state index contributed by atoms with van der Waals surface area (Å²) in [6, 6.07) is 7.88. The molecule has 0 aliphatic carbocycles. The Bertz CT molecular complexity index is 465. The molecule has 1 aromatic rings. The lowest BCUT2D eigenvalue weighted by atomic mass is 9.90. The van der Waals surface area contributed by atoms with Crippen LogP contribution in [0.4, 0.5) is 0 Å². The first kappa shape index (κ1) is 11.6. The number of nitrogens with zero attached hydrogens (tertiary/aromatic N) is 2. The van der Waals surface area contributed by atoms with Crippen molar-refractivity contribution in [2.24, 2.45) is 21.9 Å². The standard InChI is InChI=1S/C13H17N3O/c1-3-9-8-12(14)15-16-13(9)10-6-4-5-7-11(10)17-2/h4-7,9H,3,8H2,1-2H3,(H2,14,15). The Morgan fingerprint density at radius 2 is 2.12 bits per heavy atom. The van der Waals surface area contributed by atoms with E-state index in [9.17, 15) is 0 Å². The highest BCUT2D eigenvalue weighted by atomic mass is 16.5. The molecule has 0 saturated heterocycles. The molecule has 1 unspecified atom stereocenters. The lowest BCUT2D eigenvalue weighted by Gasteiger charge is -2.21. The summed E-state index contributed by atoms with van der Waals surface area (Å²) in [7, 11) is 1.67. The second kappa shape index (κ2) is 4.99. The fourth-order valence-electron chi connectivity index (χ4n) is 2.06. The summed E-state index contributed by atoms with van der Waals surface area (Å²) in [4.78, 5) is 0. The molecule has 0 saturated carbocycles. The Morgan fingerprint density at radius 1 is 1.35 bits per heavy atom. The van der Waals surface area contributed by atoms with Crippen LogP contribution in [-0.2, 0) is 0 Å². The summed E-state index contributed by atoms with van der Waals surface area (Å²) < 4.78 is 5.36. The number of hydrogen-bond donors (Lipinski definition) is 1. The predicted octanol–water partition coefficient (Wildman–Crippen LogP) is 2.19. The Morgan fingerprint density at radius 3 is 2.82 bits per heavy atom. The third kappa shape index (κ3) is 2.30. The highest BCUT2D eigenvalue weighted by Gasteiger charge is 2.23. The predicted molar refractivity (Wildman–Crippen MR) is 69.6 cm³/mol. The first-order chi connectivity index (χ1) is 8.26. The van der Waals surface area contributed by atoms with Crippen molar-refractivity contribution in [3.05, 3.63) is 29.8 Å². The molecule has 90 valence electrons. The van der Waals surface area contributed by atoms with Gasteiger partial charge in [-0.1, -0.05) is 19.1 Å². The van der Waals surface area contributed by atoms with Crippen LogP contribution in [0.2, 0.25) is 0 Å². The molecule has 1 aliphatic heterocycles. The quantitative estimate of drug-likeness (QED) is 0.866. The van der Waals surface area contributed by atoms with Crippen molar-refractivity contribution in [2.75, 3.05) is 7.11 Å². The van der Waals surface area contributed by atoms with Gasteiger partial charge >= 0.3 is 0 Å². The fraction of sp³-hybridized carbons (Fsp3) is 0.385. The Balaban J connectivity index is 2.44. The zero-order valence-electron chi connectivity index (χ0n) is 10.2. The van der Waals surface area contributed by atoms with E-state index in [0.29, 0.717) is 11.8 Å². The first-order valence-corrected chi connectivity index (χ1v) is 5.79. The van der Waals surface area contributed by atoms with Gasteiger partial charge in [0.2, 0.25) is 0 Å². The number of nitrogens with two attached hydrogens (primary N) is 1. The Hall–Kier alpha value is -1.84. The summed E-state index contributed by atoms with van der Waals surface area (Å²) in [6.45, 7) is 2.13. The van der Waals surface area contributed by atoms with Gasteiger partial charge in [-0.2, -0.15) is 5.10 Å². The van der Waals surface area contributed by atoms with Gasteiger partial charge in [0, 0.05) is 17.9 Å². The van der Waals surface area contributed by atoms with Crippen molar-refractivity contribution < 1.29 is 4.74 Å². The van der Waals surface area contributed by atoms with E-state index in [2.05, 4.69) is 17.1 Å². The monoisotopic (exact) mass is 231 g/mol. The van der Waals surface area contributed by atoms with Crippen LogP contribution in [0.15, 0.2) is 34.5 Å². The summed E-state index contributed by atoms with van der Waals surface area (Å²) in [5.74, 6) is 1.76. The molecular weight excluding hydrogens is 214 g/mol. The second-order valence-corrected chi connectivity index (χ2v) is 4.09. The van der Waals surface area contributed by atoms with Gasteiger partial charge < -0.3 is 10.5 Å². The van der Waals surface area contributed by atoms with Crippen LogP contribution in [0.5, 0.6) is 5.75 Å². The molecule has 1 aliphatic rings. The molecule has 0 aromatic heterocycles. The van der Waals surface area contributed by atoms with E-state index in [4.69, 9.17) is 10.5 Å².